The zero-order valence-corrected chi connectivity index (χ0v) is 10.7. The van der Waals surface area contributed by atoms with Gasteiger partial charge in [0.1, 0.15) is 0 Å². The first-order chi connectivity index (χ1) is 8.18. The molecule has 2 aliphatic rings. The molecule has 0 bridgehead atoms. The summed E-state index contributed by atoms with van der Waals surface area (Å²) >= 11 is 0. The molecule has 2 rings (SSSR count). The van der Waals surface area contributed by atoms with Crippen LogP contribution in [0.1, 0.15) is 32.6 Å². The molecule has 1 aliphatic carbocycles. The Morgan fingerprint density at radius 2 is 2.06 bits per heavy atom. The van der Waals surface area contributed by atoms with Gasteiger partial charge in [0.15, 0.2) is 0 Å². The first-order valence-electron chi connectivity index (χ1n) is 6.80. The van der Waals surface area contributed by atoms with Gasteiger partial charge in [-0.15, -0.1) is 0 Å². The minimum absolute atomic E-state index is 0.124. The molecule has 2 fully saturated rings. The summed E-state index contributed by atoms with van der Waals surface area (Å²) in [7, 11) is 0. The van der Waals surface area contributed by atoms with E-state index in [1.165, 1.54) is 6.42 Å². The largest absolute Gasteiger partial charge is 0.378 e. The van der Waals surface area contributed by atoms with E-state index in [9.17, 15) is 4.79 Å². The Kier molecular flexibility index (Phi) is 4.40. The summed E-state index contributed by atoms with van der Waals surface area (Å²) in [6.07, 6.45) is 4.46. The van der Waals surface area contributed by atoms with Crippen LogP contribution in [0, 0.1) is 11.8 Å². The second-order valence-electron chi connectivity index (χ2n) is 5.41. The number of rotatable bonds is 2. The minimum Gasteiger partial charge on any atom is -0.378 e. The van der Waals surface area contributed by atoms with Gasteiger partial charge in [-0.1, -0.05) is 13.3 Å². The van der Waals surface area contributed by atoms with Crippen LogP contribution in [0.5, 0.6) is 0 Å². The maximum atomic E-state index is 12.3. The second-order valence-corrected chi connectivity index (χ2v) is 5.41. The summed E-state index contributed by atoms with van der Waals surface area (Å²) in [6, 6.07) is 0.300. The maximum absolute atomic E-state index is 12.3. The molecule has 3 unspecified atom stereocenters. The Bertz CT molecular complexity index is 264. The van der Waals surface area contributed by atoms with Crippen LogP contribution in [-0.4, -0.2) is 43.2 Å². The molecule has 1 amide bonds. The molecule has 4 nitrogen and oxygen atoms in total. The number of carbonyl (C=O) groups excluding carboxylic acids is 1. The molecule has 1 saturated heterocycles. The van der Waals surface area contributed by atoms with Crippen LogP contribution in [-0.2, 0) is 9.53 Å². The van der Waals surface area contributed by atoms with E-state index in [1.807, 2.05) is 4.90 Å². The van der Waals surface area contributed by atoms with Crippen molar-refractivity contribution in [3.8, 4) is 0 Å². The van der Waals surface area contributed by atoms with E-state index in [0.29, 0.717) is 31.1 Å². The summed E-state index contributed by atoms with van der Waals surface area (Å²) in [5, 5.41) is 0. The van der Waals surface area contributed by atoms with Crippen molar-refractivity contribution < 1.29 is 9.53 Å². The quantitative estimate of drug-likeness (QED) is 0.783. The predicted molar refractivity (Wildman–Crippen MR) is 66.5 cm³/mol. The van der Waals surface area contributed by atoms with Crippen molar-refractivity contribution in [2.45, 2.75) is 38.6 Å². The van der Waals surface area contributed by atoms with Gasteiger partial charge in [-0.05, 0) is 25.2 Å². The van der Waals surface area contributed by atoms with Gasteiger partial charge < -0.3 is 15.4 Å². The van der Waals surface area contributed by atoms with Crippen molar-refractivity contribution in [1.82, 2.24) is 4.90 Å². The molecule has 0 aromatic rings. The lowest BCUT2D eigenvalue weighted by Gasteiger charge is -2.35. The predicted octanol–water partition coefficient (Wildman–Crippen LogP) is 0.999. The van der Waals surface area contributed by atoms with Gasteiger partial charge in [0.05, 0.1) is 13.2 Å². The second kappa shape index (κ2) is 5.83. The lowest BCUT2D eigenvalue weighted by Crippen LogP contribution is -2.45. The summed E-state index contributed by atoms with van der Waals surface area (Å²) in [5.74, 6) is 0.904. The van der Waals surface area contributed by atoms with E-state index >= 15 is 0 Å². The zero-order chi connectivity index (χ0) is 12.3. The molecule has 0 spiro atoms. The zero-order valence-electron chi connectivity index (χ0n) is 10.7. The van der Waals surface area contributed by atoms with Crippen molar-refractivity contribution in [2.75, 3.05) is 26.3 Å². The molecule has 17 heavy (non-hydrogen) atoms. The number of nitrogens with zero attached hydrogens (tertiary/aromatic N) is 1. The summed E-state index contributed by atoms with van der Waals surface area (Å²) in [5.41, 5.74) is 6.00. The highest BCUT2D eigenvalue weighted by Gasteiger charge is 2.31. The third kappa shape index (κ3) is 3.19. The fraction of sp³-hybridized carbons (Fsp3) is 0.923. The summed E-state index contributed by atoms with van der Waals surface area (Å²) in [4.78, 5) is 14.3. The molecular weight excluding hydrogens is 216 g/mol. The van der Waals surface area contributed by atoms with Crippen molar-refractivity contribution in [3.05, 3.63) is 0 Å². The van der Waals surface area contributed by atoms with Crippen molar-refractivity contribution in [1.29, 1.82) is 0 Å². The molecule has 0 aromatic heterocycles. The number of morpholine rings is 1. The van der Waals surface area contributed by atoms with Crippen LogP contribution in [0.15, 0.2) is 0 Å². The van der Waals surface area contributed by atoms with Gasteiger partial charge in [-0.3, -0.25) is 4.79 Å². The number of amides is 1. The SMILES string of the molecule is CC(C(=O)N1CCOCC1)C1CCCC(N)C1. The lowest BCUT2D eigenvalue weighted by molar-refractivity contribution is -0.141. The van der Waals surface area contributed by atoms with Crippen LogP contribution in [0.2, 0.25) is 0 Å². The number of ether oxygens (including phenoxy) is 1. The van der Waals surface area contributed by atoms with E-state index in [-0.39, 0.29) is 5.92 Å². The first-order valence-corrected chi connectivity index (χ1v) is 6.80. The molecule has 1 saturated carbocycles. The van der Waals surface area contributed by atoms with Crippen LogP contribution >= 0.6 is 0 Å². The van der Waals surface area contributed by atoms with Crippen molar-refractivity contribution >= 4 is 5.91 Å². The van der Waals surface area contributed by atoms with E-state index in [2.05, 4.69) is 6.92 Å². The third-order valence-corrected chi connectivity index (χ3v) is 4.17. The topological polar surface area (TPSA) is 55.6 Å². The van der Waals surface area contributed by atoms with Crippen molar-refractivity contribution in [2.24, 2.45) is 17.6 Å². The van der Waals surface area contributed by atoms with Gasteiger partial charge in [0, 0.05) is 25.0 Å². The molecule has 0 radical (unpaired) electrons. The highest BCUT2D eigenvalue weighted by molar-refractivity contribution is 5.78. The number of nitrogens with two attached hydrogens (primary N) is 1. The molecular formula is C13H24N2O2. The first kappa shape index (κ1) is 12.8. The Hall–Kier alpha value is -0.610. The highest BCUT2D eigenvalue weighted by Crippen LogP contribution is 2.30. The van der Waals surface area contributed by atoms with E-state index < -0.39 is 0 Å². The van der Waals surface area contributed by atoms with Gasteiger partial charge >= 0.3 is 0 Å². The Morgan fingerprint density at radius 1 is 1.35 bits per heavy atom. The van der Waals surface area contributed by atoms with Gasteiger partial charge in [0.25, 0.3) is 0 Å². The van der Waals surface area contributed by atoms with Gasteiger partial charge in [-0.2, -0.15) is 0 Å². The van der Waals surface area contributed by atoms with E-state index in [4.69, 9.17) is 10.5 Å². The van der Waals surface area contributed by atoms with Gasteiger partial charge in [-0.25, -0.2) is 0 Å². The third-order valence-electron chi connectivity index (χ3n) is 4.17. The standard InChI is InChI=1S/C13H24N2O2/c1-10(11-3-2-4-12(14)9-11)13(16)15-5-7-17-8-6-15/h10-12H,2-9,14H2,1H3. The fourth-order valence-electron chi connectivity index (χ4n) is 2.99. The van der Waals surface area contributed by atoms with Crippen LogP contribution < -0.4 is 5.73 Å². The normalized spacial score (nSPS) is 32.2. The Morgan fingerprint density at radius 3 is 2.71 bits per heavy atom. The molecule has 1 heterocycles. The molecule has 98 valence electrons. The van der Waals surface area contributed by atoms with Crippen LogP contribution in [0.3, 0.4) is 0 Å². The molecule has 4 heteroatoms. The molecule has 2 N–H and O–H groups in total. The maximum Gasteiger partial charge on any atom is 0.225 e. The fourth-order valence-corrected chi connectivity index (χ4v) is 2.99. The Labute approximate surface area is 103 Å². The highest BCUT2D eigenvalue weighted by atomic mass is 16.5. The summed E-state index contributed by atoms with van der Waals surface area (Å²) in [6.45, 7) is 4.94. The Balaban J connectivity index is 1.89. The van der Waals surface area contributed by atoms with E-state index in [1.54, 1.807) is 0 Å². The minimum atomic E-state index is 0.124. The van der Waals surface area contributed by atoms with Crippen LogP contribution in [0.25, 0.3) is 0 Å². The van der Waals surface area contributed by atoms with E-state index in [0.717, 1.165) is 32.4 Å². The number of carbonyl (C=O) groups is 1. The van der Waals surface area contributed by atoms with Gasteiger partial charge in [0.2, 0.25) is 5.91 Å². The average Bonchev–Trinajstić information content (AvgIpc) is 2.38. The van der Waals surface area contributed by atoms with Crippen LogP contribution in [0.4, 0.5) is 0 Å². The number of hydrogen-bond donors (Lipinski definition) is 1. The monoisotopic (exact) mass is 240 g/mol. The smallest absolute Gasteiger partial charge is 0.225 e. The molecule has 0 aromatic carbocycles. The average molecular weight is 240 g/mol. The lowest BCUT2D eigenvalue weighted by atomic mass is 9.78. The molecule has 3 atom stereocenters. The van der Waals surface area contributed by atoms with Crippen molar-refractivity contribution in [3.63, 3.8) is 0 Å². The summed E-state index contributed by atoms with van der Waals surface area (Å²) < 4.78 is 5.28. The number of hydrogen-bond acceptors (Lipinski definition) is 3. The molecule has 1 aliphatic heterocycles.